The summed E-state index contributed by atoms with van der Waals surface area (Å²) in [5, 5.41) is 0. The summed E-state index contributed by atoms with van der Waals surface area (Å²) in [6.07, 6.45) is 2.76. The number of benzene rings is 1. The molecule has 0 unspecified atom stereocenters. The average Bonchev–Trinajstić information content (AvgIpc) is 2.74. The molecule has 2 aromatic rings. The molecule has 0 aliphatic heterocycles. The van der Waals surface area contributed by atoms with Crippen molar-refractivity contribution in [2.45, 2.75) is 13.3 Å². The molecular formula is C15H13NO2. The largest absolute Gasteiger partial charge is 0.465 e. The molecular weight excluding hydrogens is 226 g/mol. The Labute approximate surface area is 105 Å². The van der Waals surface area contributed by atoms with E-state index in [0.29, 0.717) is 5.56 Å². The Morgan fingerprint density at radius 1 is 1.22 bits per heavy atom. The zero-order valence-electron chi connectivity index (χ0n) is 10.4. The van der Waals surface area contributed by atoms with Gasteiger partial charge in [0.15, 0.2) is 0 Å². The molecule has 1 aliphatic carbocycles. The molecule has 0 N–H and O–H groups in total. The molecule has 1 heterocycles. The SMILES string of the molecule is COC(=O)c1ccc2c(c1)Cc1cnc(C)cc1-2. The number of nitrogens with zero attached hydrogens (tertiary/aromatic N) is 1. The van der Waals surface area contributed by atoms with Gasteiger partial charge in [-0.25, -0.2) is 4.79 Å². The van der Waals surface area contributed by atoms with Gasteiger partial charge in [0.1, 0.15) is 0 Å². The topological polar surface area (TPSA) is 39.2 Å². The highest BCUT2D eigenvalue weighted by Crippen LogP contribution is 2.36. The van der Waals surface area contributed by atoms with Crippen LogP contribution < -0.4 is 0 Å². The van der Waals surface area contributed by atoms with Gasteiger partial charge in [-0.1, -0.05) is 6.07 Å². The molecule has 1 aromatic carbocycles. The quantitative estimate of drug-likeness (QED) is 0.613. The zero-order valence-corrected chi connectivity index (χ0v) is 10.4. The van der Waals surface area contributed by atoms with E-state index in [-0.39, 0.29) is 5.97 Å². The van der Waals surface area contributed by atoms with E-state index in [0.717, 1.165) is 12.1 Å². The highest BCUT2D eigenvalue weighted by molar-refractivity contribution is 5.91. The highest BCUT2D eigenvalue weighted by Gasteiger charge is 2.20. The van der Waals surface area contributed by atoms with Crippen LogP contribution in [0.25, 0.3) is 11.1 Å². The molecule has 0 amide bonds. The number of hydrogen-bond donors (Lipinski definition) is 0. The van der Waals surface area contributed by atoms with Gasteiger partial charge in [-0.3, -0.25) is 4.98 Å². The summed E-state index contributed by atoms with van der Waals surface area (Å²) < 4.78 is 4.74. The van der Waals surface area contributed by atoms with Crippen LogP contribution in [0.4, 0.5) is 0 Å². The monoisotopic (exact) mass is 239 g/mol. The molecule has 3 heteroatoms. The van der Waals surface area contributed by atoms with Gasteiger partial charge in [-0.2, -0.15) is 0 Å². The maximum absolute atomic E-state index is 11.5. The third kappa shape index (κ3) is 1.59. The minimum Gasteiger partial charge on any atom is -0.465 e. The number of fused-ring (bicyclic) bond motifs is 3. The lowest BCUT2D eigenvalue weighted by molar-refractivity contribution is 0.0600. The molecule has 18 heavy (non-hydrogen) atoms. The number of ether oxygens (including phenoxy) is 1. The molecule has 0 radical (unpaired) electrons. The van der Waals surface area contributed by atoms with Crippen LogP contribution in [-0.4, -0.2) is 18.1 Å². The van der Waals surface area contributed by atoms with Gasteiger partial charge in [0.25, 0.3) is 0 Å². The van der Waals surface area contributed by atoms with E-state index in [1.54, 1.807) is 0 Å². The number of hydrogen-bond acceptors (Lipinski definition) is 3. The van der Waals surface area contributed by atoms with Crippen molar-refractivity contribution >= 4 is 5.97 Å². The fraction of sp³-hybridized carbons (Fsp3) is 0.200. The van der Waals surface area contributed by atoms with Crippen LogP contribution in [0, 0.1) is 6.92 Å². The zero-order chi connectivity index (χ0) is 12.7. The van der Waals surface area contributed by atoms with Crippen LogP contribution >= 0.6 is 0 Å². The van der Waals surface area contributed by atoms with Crippen molar-refractivity contribution in [1.29, 1.82) is 0 Å². The van der Waals surface area contributed by atoms with Crippen molar-refractivity contribution < 1.29 is 9.53 Å². The Kier molecular flexibility index (Phi) is 2.40. The summed E-state index contributed by atoms with van der Waals surface area (Å²) in [6, 6.07) is 7.82. The molecule has 0 atom stereocenters. The third-order valence-corrected chi connectivity index (χ3v) is 3.32. The van der Waals surface area contributed by atoms with Crippen molar-refractivity contribution in [3.05, 3.63) is 52.8 Å². The first-order chi connectivity index (χ1) is 8.69. The molecule has 3 rings (SSSR count). The van der Waals surface area contributed by atoms with Crippen molar-refractivity contribution in [2.75, 3.05) is 7.11 Å². The van der Waals surface area contributed by atoms with Crippen LogP contribution in [-0.2, 0) is 11.2 Å². The van der Waals surface area contributed by atoms with Crippen LogP contribution in [0.3, 0.4) is 0 Å². The van der Waals surface area contributed by atoms with Crippen LogP contribution in [0.5, 0.6) is 0 Å². The summed E-state index contributed by atoms with van der Waals surface area (Å²) in [7, 11) is 1.40. The lowest BCUT2D eigenvalue weighted by atomic mass is 10.0. The van der Waals surface area contributed by atoms with E-state index in [2.05, 4.69) is 11.1 Å². The van der Waals surface area contributed by atoms with E-state index >= 15 is 0 Å². The van der Waals surface area contributed by atoms with Gasteiger partial charge in [-0.15, -0.1) is 0 Å². The molecule has 0 saturated heterocycles. The molecule has 90 valence electrons. The Bertz CT molecular complexity index is 647. The van der Waals surface area contributed by atoms with Crippen molar-refractivity contribution in [1.82, 2.24) is 4.98 Å². The van der Waals surface area contributed by atoms with Crippen molar-refractivity contribution in [3.63, 3.8) is 0 Å². The first-order valence-electron chi connectivity index (χ1n) is 5.86. The molecule has 0 fully saturated rings. The fourth-order valence-electron chi connectivity index (χ4n) is 2.43. The predicted octanol–water partition coefficient (Wildman–Crippen LogP) is 2.75. The highest BCUT2D eigenvalue weighted by atomic mass is 16.5. The van der Waals surface area contributed by atoms with Gasteiger partial charge < -0.3 is 4.74 Å². The molecule has 1 aromatic heterocycles. The Balaban J connectivity index is 2.10. The third-order valence-electron chi connectivity index (χ3n) is 3.32. The molecule has 3 nitrogen and oxygen atoms in total. The molecule has 0 saturated carbocycles. The number of pyridine rings is 1. The average molecular weight is 239 g/mol. The van der Waals surface area contributed by atoms with Gasteiger partial charge in [-0.05, 0) is 47.4 Å². The lowest BCUT2D eigenvalue weighted by Crippen LogP contribution is -2.01. The number of aryl methyl sites for hydroxylation is 1. The number of carbonyl (C=O) groups excluding carboxylic acids is 1. The fourth-order valence-corrected chi connectivity index (χ4v) is 2.43. The minimum atomic E-state index is -0.289. The maximum Gasteiger partial charge on any atom is 0.337 e. The van der Waals surface area contributed by atoms with E-state index in [1.165, 1.54) is 29.4 Å². The Hall–Kier alpha value is -2.16. The number of esters is 1. The molecule has 1 aliphatic rings. The summed E-state index contributed by atoms with van der Waals surface area (Å²) >= 11 is 0. The number of rotatable bonds is 1. The Morgan fingerprint density at radius 3 is 2.83 bits per heavy atom. The van der Waals surface area contributed by atoms with Gasteiger partial charge >= 0.3 is 5.97 Å². The van der Waals surface area contributed by atoms with E-state index in [4.69, 9.17) is 4.74 Å². The van der Waals surface area contributed by atoms with Crippen molar-refractivity contribution in [3.8, 4) is 11.1 Å². The maximum atomic E-state index is 11.5. The number of methoxy groups -OCH3 is 1. The van der Waals surface area contributed by atoms with Crippen molar-refractivity contribution in [2.24, 2.45) is 0 Å². The van der Waals surface area contributed by atoms with E-state index in [9.17, 15) is 4.79 Å². The van der Waals surface area contributed by atoms with Crippen LogP contribution in [0.15, 0.2) is 30.5 Å². The second-order valence-electron chi connectivity index (χ2n) is 4.52. The van der Waals surface area contributed by atoms with Gasteiger partial charge in [0.2, 0.25) is 0 Å². The van der Waals surface area contributed by atoms with E-state index in [1.807, 2.05) is 31.3 Å². The second kappa shape index (κ2) is 3.95. The lowest BCUT2D eigenvalue weighted by Gasteiger charge is -2.04. The van der Waals surface area contributed by atoms with Crippen LogP contribution in [0.2, 0.25) is 0 Å². The summed E-state index contributed by atoms with van der Waals surface area (Å²) in [5.41, 5.74) is 6.43. The number of carbonyl (C=O) groups is 1. The Morgan fingerprint density at radius 2 is 2.06 bits per heavy atom. The molecule has 0 bridgehead atoms. The summed E-state index contributed by atoms with van der Waals surface area (Å²) in [4.78, 5) is 15.8. The van der Waals surface area contributed by atoms with Gasteiger partial charge in [0.05, 0.1) is 12.7 Å². The molecule has 0 spiro atoms. The first-order valence-corrected chi connectivity index (χ1v) is 5.86. The second-order valence-corrected chi connectivity index (χ2v) is 4.52. The summed E-state index contributed by atoms with van der Waals surface area (Å²) in [6.45, 7) is 1.99. The minimum absolute atomic E-state index is 0.289. The normalized spacial score (nSPS) is 11.9. The van der Waals surface area contributed by atoms with Crippen LogP contribution in [0.1, 0.15) is 27.2 Å². The summed E-state index contributed by atoms with van der Waals surface area (Å²) in [5.74, 6) is -0.289. The smallest absolute Gasteiger partial charge is 0.337 e. The van der Waals surface area contributed by atoms with E-state index < -0.39 is 0 Å². The predicted molar refractivity (Wildman–Crippen MR) is 68.6 cm³/mol. The number of aromatic nitrogens is 1. The standard InChI is InChI=1S/C15H13NO2/c1-9-5-14-12(8-16-9)7-11-6-10(15(17)18-2)3-4-13(11)14/h3-6,8H,7H2,1-2H3. The van der Waals surface area contributed by atoms with Gasteiger partial charge in [0, 0.05) is 18.3 Å². The first kappa shape index (κ1) is 11.0.